The van der Waals surface area contributed by atoms with E-state index in [1.807, 2.05) is 0 Å². The van der Waals surface area contributed by atoms with Crippen molar-refractivity contribution >= 4 is 0 Å². The molecule has 0 bridgehead atoms. The lowest BCUT2D eigenvalue weighted by Crippen LogP contribution is -2.37. The van der Waals surface area contributed by atoms with E-state index in [9.17, 15) is 0 Å². The first-order valence-corrected chi connectivity index (χ1v) is 6.44. The minimum atomic E-state index is 0.303. The molecule has 3 nitrogen and oxygen atoms in total. The number of nitrogens with zero attached hydrogens (tertiary/aromatic N) is 1. The molecule has 0 radical (unpaired) electrons. The van der Waals surface area contributed by atoms with E-state index in [0.717, 1.165) is 32.2 Å². The molecule has 15 heavy (non-hydrogen) atoms. The fourth-order valence-electron chi connectivity index (χ4n) is 2.46. The predicted molar refractivity (Wildman–Crippen MR) is 64.1 cm³/mol. The lowest BCUT2D eigenvalue weighted by molar-refractivity contribution is 0.150. The van der Waals surface area contributed by atoms with E-state index in [2.05, 4.69) is 17.1 Å². The Balaban J connectivity index is 2.17. The number of hydrogen-bond acceptors (Lipinski definition) is 3. The van der Waals surface area contributed by atoms with Crippen molar-refractivity contribution < 1.29 is 5.11 Å². The van der Waals surface area contributed by atoms with Gasteiger partial charge in [0.1, 0.15) is 0 Å². The monoisotopic (exact) mass is 214 g/mol. The molecule has 90 valence electrons. The Morgan fingerprint density at radius 1 is 1.27 bits per heavy atom. The first-order valence-electron chi connectivity index (χ1n) is 6.44. The van der Waals surface area contributed by atoms with Crippen LogP contribution in [0.2, 0.25) is 0 Å². The lowest BCUT2D eigenvalue weighted by atomic mass is 10.2. The van der Waals surface area contributed by atoms with Gasteiger partial charge in [-0.05, 0) is 38.9 Å². The van der Waals surface area contributed by atoms with Gasteiger partial charge in [0.05, 0.1) is 6.61 Å². The molecule has 0 aromatic rings. The molecule has 1 aliphatic carbocycles. The number of aliphatic hydroxyl groups is 1. The number of nitrogens with one attached hydrogen (secondary N) is 1. The highest BCUT2D eigenvalue weighted by Gasteiger charge is 2.21. The van der Waals surface area contributed by atoms with E-state index < -0.39 is 0 Å². The zero-order chi connectivity index (χ0) is 10.9. The maximum atomic E-state index is 9.04. The van der Waals surface area contributed by atoms with Gasteiger partial charge < -0.3 is 10.4 Å². The molecule has 1 saturated carbocycles. The minimum Gasteiger partial charge on any atom is -0.395 e. The number of rotatable bonds is 8. The summed E-state index contributed by atoms with van der Waals surface area (Å²) in [6.45, 7) is 6.60. The van der Waals surface area contributed by atoms with Crippen molar-refractivity contribution in [2.75, 3.05) is 32.8 Å². The summed E-state index contributed by atoms with van der Waals surface area (Å²) in [7, 11) is 0. The zero-order valence-corrected chi connectivity index (χ0v) is 10.0. The Hall–Kier alpha value is -0.120. The fraction of sp³-hybridized carbons (Fsp3) is 1.00. The second kappa shape index (κ2) is 8.08. The van der Waals surface area contributed by atoms with Gasteiger partial charge in [0.2, 0.25) is 0 Å². The molecule has 3 heteroatoms. The Labute approximate surface area is 93.9 Å². The molecular formula is C12H26N2O. The fourth-order valence-corrected chi connectivity index (χ4v) is 2.46. The van der Waals surface area contributed by atoms with Gasteiger partial charge in [0, 0.05) is 12.6 Å². The van der Waals surface area contributed by atoms with Gasteiger partial charge in [-0.3, -0.25) is 4.90 Å². The predicted octanol–water partition coefficient (Wildman–Crippen LogP) is 1.22. The van der Waals surface area contributed by atoms with Crippen LogP contribution >= 0.6 is 0 Å². The summed E-state index contributed by atoms with van der Waals surface area (Å²) in [5.41, 5.74) is 0. The molecule has 2 N–H and O–H groups in total. The molecule has 0 aromatic carbocycles. The van der Waals surface area contributed by atoms with Crippen LogP contribution in [-0.2, 0) is 0 Å². The third-order valence-corrected chi connectivity index (χ3v) is 3.28. The molecule has 0 aliphatic heterocycles. The van der Waals surface area contributed by atoms with Crippen LogP contribution in [0.15, 0.2) is 0 Å². The van der Waals surface area contributed by atoms with Gasteiger partial charge in [0.15, 0.2) is 0 Å². The standard InChI is InChI=1S/C12H26N2O/c1-2-13-8-5-9-14(10-11-15)12-6-3-4-7-12/h12-13,15H,2-11H2,1H3. The average Bonchev–Trinajstić information content (AvgIpc) is 2.76. The van der Waals surface area contributed by atoms with E-state index in [4.69, 9.17) is 5.11 Å². The molecule has 1 aliphatic rings. The summed E-state index contributed by atoms with van der Waals surface area (Å²) in [6.07, 6.45) is 6.62. The van der Waals surface area contributed by atoms with Crippen molar-refractivity contribution in [2.45, 2.75) is 45.1 Å². The summed E-state index contributed by atoms with van der Waals surface area (Å²) >= 11 is 0. The number of hydrogen-bond donors (Lipinski definition) is 2. The van der Waals surface area contributed by atoms with Crippen molar-refractivity contribution in [3.8, 4) is 0 Å². The normalized spacial score (nSPS) is 17.8. The maximum absolute atomic E-state index is 9.04. The average molecular weight is 214 g/mol. The Morgan fingerprint density at radius 3 is 2.60 bits per heavy atom. The van der Waals surface area contributed by atoms with E-state index in [-0.39, 0.29) is 0 Å². The Morgan fingerprint density at radius 2 is 2.00 bits per heavy atom. The first kappa shape index (κ1) is 12.9. The van der Waals surface area contributed by atoms with Crippen LogP contribution in [0.25, 0.3) is 0 Å². The Bertz CT molecular complexity index is 147. The summed E-state index contributed by atoms with van der Waals surface area (Å²) < 4.78 is 0. The van der Waals surface area contributed by atoms with Crippen LogP contribution in [0, 0.1) is 0 Å². The highest BCUT2D eigenvalue weighted by atomic mass is 16.3. The summed E-state index contributed by atoms with van der Waals surface area (Å²) in [4.78, 5) is 2.48. The van der Waals surface area contributed by atoms with Crippen LogP contribution in [0.3, 0.4) is 0 Å². The van der Waals surface area contributed by atoms with Gasteiger partial charge in [-0.1, -0.05) is 19.8 Å². The summed E-state index contributed by atoms with van der Waals surface area (Å²) in [5.74, 6) is 0. The van der Waals surface area contributed by atoms with Crippen molar-refractivity contribution in [1.82, 2.24) is 10.2 Å². The van der Waals surface area contributed by atoms with Crippen molar-refractivity contribution in [3.05, 3.63) is 0 Å². The third-order valence-electron chi connectivity index (χ3n) is 3.28. The molecule has 1 rings (SSSR count). The molecule has 1 fully saturated rings. The zero-order valence-electron chi connectivity index (χ0n) is 10.0. The summed E-state index contributed by atoms with van der Waals surface area (Å²) in [6, 6.07) is 0.749. The highest BCUT2D eigenvalue weighted by Crippen LogP contribution is 2.23. The highest BCUT2D eigenvalue weighted by molar-refractivity contribution is 4.77. The quantitative estimate of drug-likeness (QED) is 0.596. The molecule has 0 saturated heterocycles. The van der Waals surface area contributed by atoms with Crippen molar-refractivity contribution in [2.24, 2.45) is 0 Å². The van der Waals surface area contributed by atoms with Gasteiger partial charge >= 0.3 is 0 Å². The Kier molecular flexibility index (Phi) is 6.98. The third kappa shape index (κ3) is 4.96. The largest absolute Gasteiger partial charge is 0.395 e. The first-order chi connectivity index (χ1) is 7.38. The second-order valence-electron chi connectivity index (χ2n) is 4.40. The topological polar surface area (TPSA) is 35.5 Å². The lowest BCUT2D eigenvalue weighted by Gasteiger charge is -2.28. The maximum Gasteiger partial charge on any atom is 0.0558 e. The number of aliphatic hydroxyl groups excluding tert-OH is 1. The second-order valence-corrected chi connectivity index (χ2v) is 4.40. The van der Waals surface area contributed by atoms with Gasteiger partial charge in [-0.25, -0.2) is 0 Å². The van der Waals surface area contributed by atoms with Crippen LogP contribution in [0.4, 0.5) is 0 Å². The van der Waals surface area contributed by atoms with E-state index >= 15 is 0 Å². The van der Waals surface area contributed by atoms with E-state index in [0.29, 0.717) is 6.61 Å². The summed E-state index contributed by atoms with van der Waals surface area (Å²) in [5, 5.41) is 12.4. The molecule has 0 spiro atoms. The molecule has 0 amide bonds. The molecule has 0 atom stereocenters. The van der Waals surface area contributed by atoms with Gasteiger partial charge in [-0.2, -0.15) is 0 Å². The van der Waals surface area contributed by atoms with E-state index in [1.54, 1.807) is 0 Å². The van der Waals surface area contributed by atoms with E-state index in [1.165, 1.54) is 32.1 Å². The molecule has 0 unspecified atom stereocenters. The van der Waals surface area contributed by atoms with Crippen molar-refractivity contribution in [3.63, 3.8) is 0 Å². The minimum absolute atomic E-state index is 0.303. The van der Waals surface area contributed by atoms with Gasteiger partial charge in [0.25, 0.3) is 0 Å². The van der Waals surface area contributed by atoms with Crippen molar-refractivity contribution in [1.29, 1.82) is 0 Å². The van der Waals surface area contributed by atoms with Crippen LogP contribution in [0.5, 0.6) is 0 Å². The van der Waals surface area contributed by atoms with Crippen LogP contribution < -0.4 is 5.32 Å². The molecule has 0 aromatic heterocycles. The van der Waals surface area contributed by atoms with Crippen LogP contribution in [-0.4, -0.2) is 48.8 Å². The smallest absolute Gasteiger partial charge is 0.0558 e. The molecule has 0 heterocycles. The molecular weight excluding hydrogens is 188 g/mol. The SMILES string of the molecule is CCNCCCN(CCO)C1CCCC1. The van der Waals surface area contributed by atoms with Gasteiger partial charge in [-0.15, -0.1) is 0 Å². The van der Waals surface area contributed by atoms with Crippen LogP contribution in [0.1, 0.15) is 39.0 Å².